The minimum Gasteiger partial charge on any atom is -0.311 e. The van der Waals surface area contributed by atoms with Gasteiger partial charge in [0, 0.05) is 112 Å². The zero-order valence-corrected chi connectivity index (χ0v) is 83.0. The predicted molar refractivity (Wildman–Crippen MR) is 628 cm³/mol. The van der Waals surface area contributed by atoms with Gasteiger partial charge in [0.1, 0.15) is 0 Å². The van der Waals surface area contributed by atoms with Crippen LogP contribution in [0, 0.1) is 0 Å². The van der Waals surface area contributed by atoms with Crippen molar-refractivity contribution in [3.8, 4) is 84.1 Å². The third kappa shape index (κ3) is 16.9. The normalized spacial score (nSPS) is 12.6. The molecule has 6 nitrogen and oxygen atoms in total. The van der Waals surface area contributed by atoms with E-state index in [1.54, 1.807) is 0 Å². The minimum absolute atomic E-state index is 0.238. The summed E-state index contributed by atoms with van der Waals surface area (Å²) in [5.74, 6) is 0. The average molecular weight is 1900 g/mol. The van der Waals surface area contributed by atoms with Crippen molar-refractivity contribution in [2.45, 2.75) is 38.5 Å². The first kappa shape index (κ1) is 90.4. The molecular formula is C142H106N6. The molecule has 0 spiro atoms. The highest BCUT2D eigenvalue weighted by Crippen LogP contribution is 2.57. The van der Waals surface area contributed by atoms with Gasteiger partial charge < -0.3 is 28.4 Å². The second-order valence-corrected chi connectivity index (χ2v) is 39.5. The minimum atomic E-state index is -0.244. The Morgan fingerprint density at radius 3 is 0.689 bits per heavy atom. The standard InChI is InChI=1S/C75H57N3.C67H49N3/c1-75(2)70-51-57(36-35-56-39-46-65(47-40-56)77(62-29-17-7-18-30-62)63-31-19-8-20-32-63)43-50-67(70)68-52-69-72(53-71(68)75)78(74(59-23-11-4-12-24-59)73(69)58-21-9-3-10-22-58)66-48-41-55(42-49-66)34-33-54-37-44-64(45-38-54)76(60-25-13-5-14-26-60)61-27-15-6-16-28-61;1-67(2)60-43-47(32-31-46-33-36-52(37-34-46)68(50-23-11-5-12-24-50)51-25-13-6-14-26-51)35-42-55(60)58-44-59-64(45-61(58)67)70(66(49-21-9-4-10-22-49)65(59)48-19-7-3-8-20-48)54-40-38-53(39-41-54)69-62-29-17-15-27-56(62)57-28-16-18-30-63(57)69/h3-53H,1-2H3;3-45H,1-2H3/b34-33+,36-35+;32-31+. The highest BCUT2D eigenvalue weighted by Gasteiger charge is 2.40. The molecule has 0 bridgehead atoms. The molecule has 3 heterocycles. The van der Waals surface area contributed by atoms with Gasteiger partial charge in [0.2, 0.25) is 0 Å². The topological polar surface area (TPSA) is 24.5 Å². The van der Waals surface area contributed by atoms with Crippen LogP contribution < -0.4 is 14.7 Å². The summed E-state index contributed by atoms with van der Waals surface area (Å²) in [4.78, 5) is 6.89. The second-order valence-electron chi connectivity index (χ2n) is 39.5. The first-order chi connectivity index (χ1) is 72.9. The van der Waals surface area contributed by atoms with Crippen molar-refractivity contribution in [3.05, 3.63) is 589 Å². The molecule has 24 aromatic rings. The molecule has 0 aliphatic heterocycles. The molecule has 0 atom stereocenters. The molecule has 0 unspecified atom stereocenters. The van der Waals surface area contributed by atoms with E-state index in [0.717, 1.165) is 90.5 Å². The first-order valence-corrected chi connectivity index (χ1v) is 51.2. The van der Waals surface area contributed by atoms with Gasteiger partial charge in [-0.05, 0) is 282 Å². The Labute approximate surface area is 865 Å². The zero-order chi connectivity index (χ0) is 99.2. The van der Waals surface area contributed by atoms with Crippen LogP contribution in [0.15, 0.2) is 534 Å². The number of benzene rings is 21. The summed E-state index contributed by atoms with van der Waals surface area (Å²) in [7, 11) is 0. The molecule has 0 saturated carbocycles. The van der Waals surface area contributed by atoms with E-state index >= 15 is 0 Å². The van der Waals surface area contributed by atoms with Gasteiger partial charge in [0.25, 0.3) is 0 Å². The van der Waals surface area contributed by atoms with Gasteiger partial charge in [0.05, 0.1) is 33.5 Å². The Morgan fingerprint density at radius 1 is 0.169 bits per heavy atom. The van der Waals surface area contributed by atoms with Crippen molar-refractivity contribution in [2.24, 2.45) is 0 Å². The van der Waals surface area contributed by atoms with Gasteiger partial charge in [-0.3, -0.25) is 0 Å². The van der Waals surface area contributed by atoms with Crippen LogP contribution >= 0.6 is 0 Å². The Hall–Kier alpha value is -18.9. The summed E-state index contributed by atoms with van der Waals surface area (Å²) in [6, 6.07) is 193. The molecule has 3 aromatic heterocycles. The molecule has 0 N–H and O–H groups in total. The van der Waals surface area contributed by atoms with Crippen LogP contribution in [0.3, 0.4) is 0 Å². The second kappa shape index (κ2) is 38.8. The van der Waals surface area contributed by atoms with Crippen molar-refractivity contribution < 1.29 is 0 Å². The lowest BCUT2D eigenvalue weighted by molar-refractivity contribution is 0.660. The van der Waals surface area contributed by atoms with Crippen molar-refractivity contribution in [1.82, 2.24) is 13.7 Å². The number of anilines is 9. The maximum atomic E-state index is 2.51. The molecule has 0 fully saturated rings. The average Bonchev–Trinajstić information content (AvgIpc) is 1.54. The quantitative estimate of drug-likeness (QED) is 0.0632. The van der Waals surface area contributed by atoms with E-state index in [9.17, 15) is 0 Å². The molecule has 704 valence electrons. The SMILES string of the molecule is CC1(C)c2cc(/C=C/c3ccc(N(c4ccccc4)c4ccccc4)cc3)ccc2-c2cc3c(-c4ccccc4)c(-c4ccccc4)n(-c4ccc(-n5c6ccccc6c6ccccc65)cc4)c3cc21.CC1(C)c2cc(/C=C/c3ccc(N(c4ccccc4)c4ccccc4)cc3)ccc2-c2cc3c(-c4ccccc4)c(-c4ccccc4)n(-c4ccc(/C=C/c5ccc(N(c6ccccc6)c6ccccc6)cc5)cc4)c3cc21. The molecule has 26 rings (SSSR count). The maximum Gasteiger partial charge on any atom is 0.0619 e. The lowest BCUT2D eigenvalue weighted by Crippen LogP contribution is -2.15. The van der Waals surface area contributed by atoms with E-state index in [0.29, 0.717) is 0 Å². The summed E-state index contributed by atoms with van der Waals surface area (Å²) in [6.07, 6.45) is 13.4. The lowest BCUT2D eigenvalue weighted by atomic mass is 9.81. The van der Waals surface area contributed by atoms with Crippen LogP contribution in [-0.2, 0) is 10.8 Å². The van der Waals surface area contributed by atoms with Crippen molar-refractivity contribution in [2.75, 3.05) is 14.7 Å². The fourth-order valence-electron chi connectivity index (χ4n) is 22.6. The fourth-order valence-corrected chi connectivity index (χ4v) is 22.6. The van der Waals surface area contributed by atoms with Gasteiger partial charge >= 0.3 is 0 Å². The first-order valence-electron chi connectivity index (χ1n) is 51.2. The number of aromatic nitrogens is 3. The zero-order valence-electron chi connectivity index (χ0n) is 83.0. The monoisotopic (exact) mass is 1890 g/mol. The lowest BCUT2D eigenvalue weighted by Gasteiger charge is -2.25. The van der Waals surface area contributed by atoms with Crippen LogP contribution in [0.4, 0.5) is 51.2 Å². The summed E-state index contributed by atoms with van der Waals surface area (Å²) >= 11 is 0. The van der Waals surface area contributed by atoms with Gasteiger partial charge in [-0.2, -0.15) is 0 Å². The summed E-state index contributed by atoms with van der Waals surface area (Å²) in [6.45, 7) is 9.57. The summed E-state index contributed by atoms with van der Waals surface area (Å²) < 4.78 is 7.41. The Kier molecular flexibility index (Phi) is 23.7. The van der Waals surface area contributed by atoms with Crippen LogP contribution in [0.1, 0.15) is 83.3 Å². The molecule has 0 amide bonds. The summed E-state index contributed by atoms with van der Waals surface area (Å²) in [5.41, 5.74) is 44.9. The third-order valence-electron chi connectivity index (χ3n) is 29.8. The molecular weight excluding hydrogens is 1790 g/mol. The van der Waals surface area contributed by atoms with E-state index in [2.05, 4.69) is 626 Å². The van der Waals surface area contributed by atoms with Crippen molar-refractivity contribution in [3.63, 3.8) is 0 Å². The molecule has 6 heteroatoms. The van der Waals surface area contributed by atoms with Gasteiger partial charge in [-0.15, -0.1) is 0 Å². The Morgan fingerprint density at radius 2 is 0.392 bits per heavy atom. The highest BCUT2D eigenvalue weighted by molar-refractivity contribution is 6.12. The van der Waals surface area contributed by atoms with Gasteiger partial charge in [-0.1, -0.05) is 416 Å². The number of para-hydroxylation sites is 8. The predicted octanol–water partition coefficient (Wildman–Crippen LogP) is 38.6. The molecule has 2 aliphatic rings. The van der Waals surface area contributed by atoms with Crippen molar-refractivity contribution >= 4 is 131 Å². The third-order valence-corrected chi connectivity index (χ3v) is 29.8. The van der Waals surface area contributed by atoms with E-state index < -0.39 is 0 Å². The number of hydrogen-bond donors (Lipinski definition) is 0. The van der Waals surface area contributed by atoms with Crippen LogP contribution in [-0.4, -0.2) is 13.7 Å². The van der Waals surface area contributed by atoms with Gasteiger partial charge in [0.15, 0.2) is 0 Å². The molecule has 2 aliphatic carbocycles. The number of hydrogen-bond acceptors (Lipinski definition) is 3. The number of rotatable bonds is 22. The summed E-state index contributed by atoms with van der Waals surface area (Å²) in [5, 5.41) is 5.00. The molecule has 148 heavy (non-hydrogen) atoms. The smallest absolute Gasteiger partial charge is 0.0619 e. The van der Waals surface area contributed by atoms with E-state index in [4.69, 9.17) is 0 Å². The fraction of sp³-hybridized carbons (Fsp3) is 0.0423. The Balaban J connectivity index is 0.000000155. The van der Waals surface area contributed by atoms with E-state index in [1.165, 1.54) is 144 Å². The van der Waals surface area contributed by atoms with E-state index in [-0.39, 0.29) is 10.8 Å². The van der Waals surface area contributed by atoms with Crippen LogP contribution in [0.25, 0.3) is 164 Å². The van der Waals surface area contributed by atoms with Gasteiger partial charge in [-0.25, -0.2) is 0 Å². The molecule has 0 radical (unpaired) electrons. The largest absolute Gasteiger partial charge is 0.311 e. The Bertz CT molecular complexity index is 8900. The molecule has 0 saturated heterocycles. The highest BCUT2D eigenvalue weighted by atomic mass is 15.2. The van der Waals surface area contributed by atoms with E-state index in [1.807, 2.05) is 0 Å². The van der Waals surface area contributed by atoms with Crippen LogP contribution in [0.2, 0.25) is 0 Å². The van der Waals surface area contributed by atoms with Crippen molar-refractivity contribution in [1.29, 1.82) is 0 Å². The number of nitrogens with zero attached hydrogens (tertiary/aromatic N) is 6. The maximum absolute atomic E-state index is 2.51. The van der Waals surface area contributed by atoms with Crippen LogP contribution in [0.5, 0.6) is 0 Å². The number of fused-ring (bicyclic) bond motifs is 11. The molecule has 21 aromatic carbocycles.